The lowest BCUT2D eigenvalue weighted by Crippen LogP contribution is -2.53. The molecule has 37 heavy (non-hydrogen) atoms. The van der Waals surface area contributed by atoms with E-state index in [9.17, 15) is 14.7 Å². The first-order valence-corrected chi connectivity index (χ1v) is 13.1. The summed E-state index contributed by atoms with van der Waals surface area (Å²) in [7, 11) is 1.61. The molecule has 1 atom stereocenters. The number of hydrogen-bond acceptors (Lipinski definition) is 4. The fraction of sp³-hybridized carbons (Fsp3) is 0.429. The lowest BCUT2D eigenvalue weighted by Gasteiger charge is -2.40. The minimum absolute atomic E-state index is 0.0295. The number of carbonyl (C=O) groups is 2. The van der Waals surface area contributed by atoms with Gasteiger partial charge in [-0.2, -0.15) is 0 Å². The van der Waals surface area contributed by atoms with Crippen molar-refractivity contribution in [2.45, 2.75) is 58.7 Å². The number of unbranched alkanes of at least 4 members (excludes halogenated alkanes) is 2. The molecule has 2 amide bonds. The van der Waals surface area contributed by atoms with Gasteiger partial charge in [0, 0.05) is 42.5 Å². The molecule has 1 aliphatic heterocycles. The number of hydrogen-bond donors (Lipinski definition) is 1. The van der Waals surface area contributed by atoms with Crippen molar-refractivity contribution in [2.24, 2.45) is 0 Å². The number of ether oxygens (including phenoxy) is 2. The number of fused-ring (bicyclic) bond motifs is 1. The molecular weight excluding hydrogens is 494 g/mol. The Balaban J connectivity index is 1.59. The van der Waals surface area contributed by atoms with Gasteiger partial charge >= 0.3 is 12.0 Å². The van der Waals surface area contributed by atoms with Crippen LogP contribution < -0.4 is 14.4 Å². The van der Waals surface area contributed by atoms with Gasteiger partial charge in [0.25, 0.3) is 0 Å². The van der Waals surface area contributed by atoms with Crippen LogP contribution in [-0.2, 0) is 17.9 Å². The molecule has 2 heterocycles. The monoisotopic (exact) mass is 527 g/mol. The number of amides is 2. The van der Waals surface area contributed by atoms with Crippen LogP contribution in [0.5, 0.6) is 11.5 Å². The largest absolute Gasteiger partial charge is 0.493 e. The first-order valence-electron chi connectivity index (χ1n) is 12.7. The molecule has 1 saturated heterocycles. The topological polar surface area (TPSA) is 84.2 Å². The number of carboxylic acids is 1. The van der Waals surface area contributed by atoms with E-state index in [-0.39, 0.29) is 18.6 Å². The minimum atomic E-state index is -0.942. The second-order valence-electron chi connectivity index (χ2n) is 9.40. The van der Waals surface area contributed by atoms with Gasteiger partial charge in [0.15, 0.2) is 11.5 Å². The zero-order chi connectivity index (χ0) is 26.5. The number of benzene rings is 2. The highest BCUT2D eigenvalue weighted by molar-refractivity contribution is 6.36. The molecule has 8 nitrogen and oxygen atoms in total. The average Bonchev–Trinajstić information content (AvgIpc) is 3.19. The second-order valence-corrected chi connectivity index (χ2v) is 9.81. The molecular formula is C28H34ClN3O5. The molecule has 1 aliphatic rings. The molecule has 3 aromatic rings. The normalized spacial score (nSPS) is 15.9. The van der Waals surface area contributed by atoms with Crippen LogP contribution in [0.4, 0.5) is 10.5 Å². The summed E-state index contributed by atoms with van der Waals surface area (Å²) in [5.41, 5.74) is 2.37. The number of carbonyl (C=O) groups excluding carboxylic acids is 1. The van der Waals surface area contributed by atoms with E-state index >= 15 is 0 Å². The highest BCUT2D eigenvalue weighted by atomic mass is 35.5. The maximum Gasteiger partial charge on any atom is 0.325 e. The number of carboxylic acid groups (broad SMARTS) is 1. The smallest absolute Gasteiger partial charge is 0.325 e. The van der Waals surface area contributed by atoms with Gasteiger partial charge < -0.3 is 24.0 Å². The van der Waals surface area contributed by atoms with Crippen molar-refractivity contribution in [1.29, 1.82) is 0 Å². The Hall–Kier alpha value is -3.39. The molecule has 2 aromatic carbocycles. The number of rotatable bonds is 11. The van der Waals surface area contributed by atoms with Crippen molar-refractivity contribution in [2.75, 3.05) is 25.2 Å². The molecule has 0 aliphatic carbocycles. The third-order valence-electron chi connectivity index (χ3n) is 6.84. The fourth-order valence-electron chi connectivity index (χ4n) is 4.82. The quantitative estimate of drug-likeness (QED) is 0.301. The lowest BCUT2D eigenvalue weighted by atomic mass is 10.1. The van der Waals surface area contributed by atoms with E-state index in [0.717, 1.165) is 47.8 Å². The summed E-state index contributed by atoms with van der Waals surface area (Å²) in [4.78, 5) is 28.7. The average molecular weight is 528 g/mol. The minimum Gasteiger partial charge on any atom is -0.493 e. The van der Waals surface area contributed by atoms with Crippen LogP contribution in [0.2, 0.25) is 5.02 Å². The van der Waals surface area contributed by atoms with Gasteiger partial charge in [0.2, 0.25) is 0 Å². The second kappa shape index (κ2) is 11.8. The Bertz CT molecular complexity index is 1270. The van der Waals surface area contributed by atoms with Crippen LogP contribution in [0, 0.1) is 0 Å². The van der Waals surface area contributed by atoms with Gasteiger partial charge in [-0.05, 0) is 43.5 Å². The highest BCUT2D eigenvalue weighted by Gasteiger charge is 2.32. The van der Waals surface area contributed by atoms with Crippen LogP contribution in [0.25, 0.3) is 10.9 Å². The molecule has 198 valence electrons. The first kappa shape index (κ1) is 26.7. The standard InChI is InChI=1S/C28H34ClN3O5/c1-4-5-6-14-37-25-15-21(10-11-24(25)36-3)31-13-12-19(2)32(28(31)35)16-20-8-7-9-23-27(20)22(29)17-30(23)18-26(33)34/h7-11,15,17,19H,4-6,12-14,16,18H2,1-3H3,(H,33,34)/t19-/m0/s1. The number of anilines is 1. The van der Waals surface area contributed by atoms with Crippen molar-refractivity contribution in [3.8, 4) is 11.5 Å². The lowest BCUT2D eigenvalue weighted by molar-refractivity contribution is -0.137. The molecule has 0 saturated carbocycles. The number of nitrogens with zero attached hydrogens (tertiary/aromatic N) is 3. The van der Waals surface area contributed by atoms with Gasteiger partial charge in [-0.3, -0.25) is 9.69 Å². The summed E-state index contributed by atoms with van der Waals surface area (Å²) < 4.78 is 13.1. The Morgan fingerprint density at radius 3 is 2.73 bits per heavy atom. The number of methoxy groups -OCH3 is 1. The molecule has 1 fully saturated rings. The van der Waals surface area contributed by atoms with E-state index < -0.39 is 5.97 Å². The van der Waals surface area contributed by atoms with Crippen molar-refractivity contribution in [1.82, 2.24) is 9.47 Å². The third-order valence-corrected chi connectivity index (χ3v) is 7.12. The maximum atomic E-state index is 13.7. The Kier molecular flexibility index (Phi) is 8.48. The van der Waals surface area contributed by atoms with E-state index in [2.05, 4.69) is 6.92 Å². The zero-order valence-corrected chi connectivity index (χ0v) is 22.3. The SMILES string of the molecule is CCCCCOc1cc(N2CC[C@H](C)N(Cc3cccc4c3c(Cl)cn4CC(=O)O)C2=O)ccc1OC. The number of aliphatic carboxylic acids is 1. The first-order chi connectivity index (χ1) is 17.8. The van der Waals surface area contributed by atoms with Crippen molar-refractivity contribution in [3.05, 3.63) is 53.2 Å². The summed E-state index contributed by atoms with van der Waals surface area (Å²) >= 11 is 6.54. The Labute approximate surface area is 222 Å². The van der Waals surface area contributed by atoms with Crippen LogP contribution in [0.15, 0.2) is 42.6 Å². The summed E-state index contributed by atoms with van der Waals surface area (Å²) in [6.45, 7) is 5.56. The van der Waals surface area contributed by atoms with Crippen molar-refractivity contribution in [3.63, 3.8) is 0 Å². The number of urea groups is 1. The predicted octanol–water partition coefficient (Wildman–Crippen LogP) is 6.18. The molecule has 1 N–H and O–H groups in total. The predicted molar refractivity (Wildman–Crippen MR) is 145 cm³/mol. The van der Waals surface area contributed by atoms with Gasteiger partial charge in [-0.25, -0.2) is 4.79 Å². The van der Waals surface area contributed by atoms with Crippen LogP contribution in [0.1, 0.15) is 45.1 Å². The molecule has 0 radical (unpaired) electrons. The molecule has 0 unspecified atom stereocenters. The summed E-state index contributed by atoms with van der Waals surface area (Å²) in [6.07, 6.45) is 5.60. The van der Waals surface area contributed by atoms with E-state index in [1.807, 2.05) is 48.2 Å². The molecule has 4 rings (SSSR count). The van der Waals surface area contributed by atoms with E-state index in [0.29, 0.717) is 36.2 Å². The van der Waals surface area contributed by atoms with Crippen LogP contribution in [0.3, 0.4) is 0 Å². The third kappa shape index (κ3) is 5.80. The van der Waals surface area contributed by atoms with Crippen LogP contribution in [-0.4, -0.2) is 52.9 Å². The Morgan fingerprint density at radius 1 is 1.19 bits per heavy atom. The zero-order valence-electron chi connectivity index (χ0n) is 21.6. The van der Waals surface area contributed by atoms with Crippen molar-refractivity contribution >= 4 is 40.2 Å². The highest BCUT2D eigenvalue weighted by Crippen LogP contribution is 2.35. The number of halogens is 1. The molecule has 9 heteroatoms. The summed E-state index contributed by atoms with van der Waals surface area (Å²) in [6, 6.07) is 11.2. The van der Waals surface area contributed by atoms with Gasteiger partial charge in [0.1, 0.15) is 6.54 Å². The maximum absolute atomic E-state index is 13.7. The van der Waals surface area contributed by atoms with Gasteiger partial charge in [0.05, 0.1) is 24.3 Å². The van der Waals surface area contributed by atoms with Gasteiger partial charge in [-0.1, -0.05) is 43.5 Å². The van der Waals surface area contributed by atoms with E-state index in [4.69, 9.17) is 21.1 Å². The Morgan fingerprint density at radius 2 is 2.00 bits per heavy atom. The summed E-state index contributed by atoms with van der Waals surface area (Å²) in [5, 5.41) is 10.5. The van der Waals surface area contributed by atoms with Gasteiger partial charge in [-0.15, -0.1) is 0 Å². The number of aromatic nitrogens is 1. The van der Waals surface area contributed by atoms with Crippen LogP contribution >= 0.6 is 11.6 Å². The van der Waals surface area contributed by atoms with Crippen molar-refractivity contribution < 1.29 is 24.2 Å². The molecule has 0 bridgehead atoms. The van der Waals surface area contributed by atoms with E-state index in [1.54, 1.807) is 22.8 Å². The molecule has 1 aromatic heterocycles. The molecule has 0 spiro atoms. The van der Waals surface area contributed by atoms with E-state index in [1.165, 1.54) is 0 Å². The summed E-state index contributed by atoms with van der Waals surface area (Å²) in [5.74, 6) is 0.329. The fourth-order valence-corrected chi connectivity index (χ4v) is 5.15.